The van der Waals surface area contributed by atoms with Gasteiger partial charge in [-0.3, -0.25) is 0 Å². The zero-order valence-electron chi connectivity index (χ0n) is 11.0. The Hall–Kier alpha value is -2.80. The largest absolute Gasteiger partial charge is 0.240 e. The van der Waals surface area contributed by atoms with Crippen LogP contribution in [0.4, 0.5) is 11.4 Å². The summed E-state index contributed by atoms with van der Waals surface area (Å²) in [5.74, 6) is 0. The molecular weight excluding hydrogens is 252 g/mol. The van der Waals surface area contributed by atoms with Crippen molar-refractivity contribution in [2.75, 3.05) is 0 Å². The number of carbonyl (C=O) groups excluding carboxylic acids is 2. The van der Waals surface area contributed by atoms with Gasteiger partial charge in [0, 0.05) is 0 Å². The molecule has 0 aromatic heterocycles. The molecule has 98 valence electrons. The van der Waals surface area contributed by atoms with E-state index in [1.807, 2.05) is 31.2 Å². The first kappa shape index (κ1) is 13.6. The molecule has 0 radical (unpaired) electrons. The molecular formula is C16H12N2O2. The zero-order chi connectivity index (χ0) is 14.4. The Labute approximate surface area is 116 Å². The quantitative estimate of drug-likeness (QED) is 0.626. The monoisotopic (exact) mass is 264 g/mol. The van der Waals surface area contributed by atoms with Crippen LogP contribution in [-0.2, 0) is 16.0 Å². The van der Waals surface area contributed by atoms with E-state index in [9.17, 15) is 9.59 Å². The lowest BCUT2D eigenvalue weighted by Crippen LogP contribution is -1.89. The maximum absolute atomic E-state index is 10.4. The molecule has 0 N–H and O–H groups in total. The van der Waals surface area contributed by atoms with Crippen molar-refractivity contribution < 1.29 is 9.59 Å². The molecule has 0 bridgehead atoms. The third-order valence-electron chi connectivity index (χ3n) is 2.91. The number of aliphatic imine (C=N–C) groups is 2. The minimum Gasteiger partial charge on any atom is -0.211 e. The molecule has 2 aromatic carbocycles. The fraction of sp³-hybridized carbons (Fsp3) is 0.125. The van der Waals surface area contributed by atoms with E-state index in [2.05, 4.69) is 9.98 Å². The minimum atomic E-state index is 0.569. The summed E-state index contributed by atoms with van der Waals surface area (Å²) in [4.78, 5) is 27.9. The van der Waals surface area contributed by atoms with Crippen LogP contribution in [0.5, 0.6) is 0 Å². The van der Waals surface area contributed by atoms with Crippen LogP contribution in [-0.4, -0.2) is 12.2 Å². The Morgan fingerprint density at radius 3 is 2.30 bits per heavy atom. The smallest absolute Gasteiger partial charge is 0.211 e. The molecule has 0 spiro atoms. The lowest BCUT2D eigenvalue weighted by atomic mass is 10.0. The van der Waals surface area contributed by atoms with E-state index >= 15 is 0 Å². The minimum absolute atomic E-state index is 0.569. The van der Waals surface area contributed by atoms with Gasteiger partial charge >= 0.3 is 0 Å². The number of hydrogen-bond acceptors (Lipinski definition) is 4. The van der Waals surface area contributed by atoms with Crippen molar-refractivity contribution in [1.82, 2.24) is 0 Å². The van der Waals surface area contributed by atoms with Crippen molar-refractivity contribution in [2.45, 2.75) is 13.3 Å². The van der Waals surface area contributed by atoms with Gasteiger partial charge < -0.3 is 0 Å². The maximum atomic E-state index is 10.4. The molecule has 2 rings (SSSR count). The van der Waals surface area contributed by atoms with Crippen LogP contribution >= 0.6 is 0 Å². The molecule has 0 aliphatic heterocycles. The molecule has 4 nitrogen and oxygen atoms in total. The van der Waals surface area contributed by atoms with E-state index in [0.29, 0.717) is 17.8 Å². The van der Waals surface area contributed by atoms with E-state index in [-0.39, 0.29) is 0 Å². The highest BCUT2D eigenvalue weighted by Gasteiger charge is 2.04. The highest BCUT2D eigenvalue weighted by atomic mass is 16.1. The molecule has 0 heterocycles. The van der Waals surface area contributed by atoms with Gasteiger partial charge in [-0.15, -0.1) is 0 Å². The van der Waals surface area contributed by atoms with Gasteiger partial charge in [-0.05, 0) is 42.7 Å². The molecule has 4 heteroatoms. The highest BCUT2D eigenvalue weighted by Crippen LogP contribution is 2.24. The Bertz CT molecular complexity index is 708. The van der Waals surface area contributed by atoms with Gasteiger partial charge in [0.25, 0.3) is 0 Å². The van der Waals surface area contributed by atoms with Crippen LogP contribution in [0.15, 0.2) is 52.4 Å². The summed E-state index contributed by atoms with van der Waals surface area (Å²) in [5, 5.41) is 0. The second-order valence-electron chi connectivity index (χ2n) is 4.38. The van der Waals surface area contributed by atoms with Crippen LogP contribution in [0.2, 0.25) is 0 Å². The van der Waals surface area contributed by atoms with Crippen molar-refractivity contribution in [1.29, 1.82) is 0 Å². The van der Waals surface area contributed by atoms with Crippen molar-refractivity contribution in [3.63, 3.8) is 0 Å². The Morgan fingerprint density at radius 1 is 0.950 bits per heavy atom. The standard InChI is InChI=1S/C16H12N2O2/c1-12-2-7-16(18-11-20)14(8-12)9-13-3-5-15(6-4-13)17-10-19/h2-8H,9H2,1H3. The summed E-state index contributed by atoms with van der Waals surface area (Å²) >= 11 is 0. The van der Waals surface area contributed by atoms with Gasteiger partial charge in [-0.2, -0.15) is 9.98 Å². The van der Waals surface area contributed by atoms with Crippen LogP contribution in [0, 0.1) is 6.92 Å². The summed E-state index contributed by atoms with van der Waals surface area (Å²) in [6.07, 6.45) is 3.72. The van der Waals surface area contributed by atoms with Gasteiger partial charge in [0.2, 0.25) is 12.2 Å². The normalized spacial score (nSPS) is 9.45. The fourth-order valence-electron chi connectivity index (χ4n) is 1.98. The van der Waals surface area contributed by atoms with E-state index in [1.54, 1.807) is 24.3 Å². The lowest BCUT2D eigenvalue weighted by molar-refractivity contribution is 0.564. The van der Waals surface area contributed by atoms with E-state index in [4.69, 9.17) is 0 Å². The van der Waals surface area contributed by atoms with Gasteiger partial charge in [0.05, 0.1) is 11.4 Å². The SMILES string of the molecule is Cc1ccc(N=C=O)c(Cc2ccc(N=C=O)cc2)c1. The Kier molecular flexibility index (Phi) is 4.35. The number of hydrogen-bond donors (Lipinski definition) is 0. The first-order chi connectivity index (χ1) is 9.72. The summed E-state index contributed by atoms with van der Waals surface area (Å²) in [6, 6.07) is 13.0. The third-order valence-corrected chi connectivity index (χ3v) is 2.91. The molecule has 0 fully saturated rings. The van der Waals surface area contributed by atoms with Crippen LogP contribution in [0.3, 0.4) is 0 Å². The number of isocyanates is 2. The van der Waals surface area contributed by atoms with Crippen molar-refractivity contribution in [2.24, 2.45) is 9.98 Å². The summed E-state index contributed by atoms with van der Waals surface area (Å²) in [6.45, 7) is 1.99. The number of rotatable bonds is 4. The van der Waals surface area contributed by atoms with Crippen molar-refractivity contribution >= 4 is 23.5 Å². The van der Waals surface area contributed by atoms with Crippen LogP contribution < -0.4 is 0 Å². The third kappa shape index (κ3) is 3.36. The number of aryl methyl sites for hydroxylation is 1. The predicted octanol–water partition coefficient (Wildman–Crippen LogP) is 3.52. The van der Waals surface area contributed by atoms with Crippen molar-refractivity contribution in [3.8, 4) is 0 Å². The van der Waals surface area contributed by atoms with Gasteiger partial charge in [0.15, 0.2) is 0 Å². The topological polar surface area (TPSA) is 58.9 Å². The summed E-state index contributed by atoms with van der Waals surface area (Å²) in [7, 11) is 0. The van der Waals surface area contributed by atoms with Crippen molar-refractivity contribution in [3.05, 3.63) is 59.2 Å². The average Bonchev–Trinajstić information content (AvgIpc) is 2.44. The van der Waals surface area contributed by atoms with Gasteiger partial charge in [-0.1, -0.05) is 29.8 Å². The molecule has 0 amide bonds. The fourth-order valence-corrected chi connectivity index (χ4v) is 1.98. The molecule has 0 aliphatic carbocycles. The molecule has 20 heavy (non-hydrogen) atoms. The first-order valence-corrected chi connectivity index (χ1v) is 6.07. The van der Waals surface area contributed by atoms with E-state index in [0.717, 1.165) is 16.7 Å². The second-order valence-corrected chi connectivity index (χ2v) is 4.38. The predicted molar refractivity (Wildman–Crippen MR) is 76.0 cm³/mol. The highest BCUT2D eigenvalue weighted by molar-refractivity contribution is 5.56. The molecule has 2 aromatic rings. The second kappa shape index (κ2) is 6.39. The molecule has 0 atom stereocenters. The van der Waals surface area contributed by atoms with E-state index in [1.165, 1.54) is 6.08 Å². The average molecular weight is 264 g/mol. The van der Waals surface area contributed by atoms with Crippen LogP contribution in [0.1, 0.15) is 16.7 Å². The number of nitrogens with zero attached hydrogens (tertiary/aromatic N) is 2. The van der Waals surface area contributed by atoms with Gasteiger partial charge in [-0.25, -0.2) is 9.59 Å². The molecule has 0 aliphatic rings. The maximum Gasteiger partial charge on any atom is 0.240 e. The molecule has 0 saturated heterocycles. The van der Waals surface area contributed by atoms with E-state index < -0.39 is 0 Å². The Balaban J connectivity index is 2.31. The number of benzene rings is 2. The summed E-state index contributed by atoms with van der Waals surface area (Å²) in [5.41, 5.74) is 4.30. The molecule has 0 saturated carbocycles. The zero-order valence-corrected chi connectivity index (χ0v) is 11.0. The Morgan fingerprint density at radius 2 is 1.65 bits per heavy atom. The molecule has 0 unspecified atom stereocenters. The lowest BCUT2D eigenvalue weighted by Gasteiger charge is -2.06. The van der Waals surface area contributed by atoms with Gasteiger partial charge in [0.1, 0.15) is 0 Å². The first-order valence-electron chi connectivity index (χ1n) is 6.07. The van der Waals surface area contributed by atoms with Crippen LogP contribution in [0.25, 0.3) is 0 Å². The summed E-state index contributed by atoms with van der Waals surface area (Å²) < 4.78 is 0.